The molecule has 0 saturated carbocycles. The van der Waals surface area contributed by atoms with E-state index in [0.717, 1.165) is 0 Å². The largest absolute Gasteiger partial charge is 0.508 e. The number of benzene rings is 1. The second-order valence-electron chi connectivity index (χ2n) is 3.36. The van der Waals surface area contributed by atoms with Crippen molar-refractivity contribution in [2.75, 3.05) is 5.32 Å². The Morgan fingerprint density at radius 2 is 1.94 bits per heavy atom. The molecule has 0 saturated heterocycles. The third-order valence-electron chi connectivity index (χ3n) is 2.15. The van der Waals surface area contributed by atoms with Crippen molar-refractivity contribution in [3.05, 3.63) is 52.8 Å². The fraction of sp³-hybridized carbons (Fsp3) is 0. The van der Waals surface area contributed by atoms with E-state index < -0.39 is 0 Å². The lowest BCUT2D eigenvalue weighted by atomic mass is 10.2. The molecule has 1 heterocycles. The van der Waals surface area contributed by atoms with E-state index in [4.69, 9.17) is 5.11 Å². The Hall–Kier alpha value is -1.88. The molecule has 2 aromatic rings. The second kappa shape index (κ2) is 4.97. The summed E-state index contributed by atoms with van der Waals surface area (Å²) >= 11 is 3.29. The number of nitrogens with zero attached hydrogens (tertiary/aromatic N) is 1. The highest BCUT2D eigenvalue weighted by atomic mass is 79.9. The van der Waals surface area contributed by atoms with Crippen molar-refractivity contribution in [2.45, 2.75) is 0 Å². The number of anilines is 1. The molecule has 0 atom stereocenters. The molecule has 0 bridgehead atoms. The molecular weight excluding hydrogens is 284 g/mol. The SMILES string of the molecule is O=C(Nc1ccncc1Br)c1ccc(O)cc1. The van der Waals surface area contributed by atoms with Crippen LogP contribution in [-0.4, -0.2) is 16.0 Å². The highest BCUT2D eigenvalue weighted by Crippen LogP contribution is 2.21. The maximum absolute atomic E-state index is 11.8. The number of hydrogen-bond acceptors (Lipinski definition) is 3. The van der Waals surface area contributed by atoms with E-state index in [1.165, 1.54) is 12.1 Å². The molecule has 0 fully saturated rings. The summed E-state index contributed by atoms with van der Waals surface area (Å²) in [5.41, 5.74) is 1.13. The number of phenolic OH excluding ortho intramolecular Hbond substituents is 1. The number of rotatable bonds is 2. The smallest absolute Gasteiger partial charge is 0.255 e. The molecule has 0 radical (unpaired) electrons. The van der Waals surface area contributed by atoms with Gasteiger partial charge in [0.1, 0.15) is 5.75 Å². The number of nitrogens with one attached hydrogen (secondary N) is 1. The van der Waals surface area contributed by atoms with E-state index in [1.807, 2.05) is 0 Å². The van der Waals surface area contributed by atoms with Gasteiger partial charge in [0.25, 0.3) is 5.91 Å². The van der Waals surface area contributed by atoms with Crippen LogP contribution in [0.3, 0.4) is 0 Å². The first-order valence-electron chi connectivity index (χ1n) is 4.87. The molecule has 2 rings (SSSR count). The average Bonchev–Trinajstić information content (AvgIpc) is 2.33. The topological polar surface area (TPSA) is 62.2 Å². The van der Waals surface area contributed by atoms with Crippen LogP contribution in [0.4, 0.5) is 5.69 Å². The van der Waals surface area contributed by atoms with Crippen molar-refractivity contribution in [3.63, 3.8) is 0 Å². The molecule has 0 aliphatic rings. The molecular formula is C12H9BrN2O2. The van der Waals surface area contributed by atoms with E-state index in [2.05, 4.69) is 26.2 Å². The second-order valence-corrected chi connectivity index (χ2v) is 4.21. The molecule has 0 spiro atoms. The van der Waals surface area contributed by atoms with Gasteiger partial charge in [0.2, 0.25) is 0 Å². The van der Waals surface area contributed by atoms with E-state index in [0.29, 0.717) is 15.7 Å². The number of halogens is 1. The van der Waals surface area contributed by atoms with E-state index in [-0.39, 0.29) is 11.7 Å². The molecule has 0 aliphatic heterocycles. The third kappa shape index (κ3) is 2.82. The summed E-state index contributed by atoms with van der Waals surface area (Å²) in [6.45, 7) is 0. The van der Waals surface area contributed by atoms with Crippen LogP contribution in [0.2, 0.25) is 0 Å². The lowest BCUT2D eigenvalue weighted by Crippen LogP contribution is -2.12. The maximum atomic E-state index is 11.8. The minimum absolute atomic E-state index is 0.131. The summed E-state index contributed by atoms with van der Waals surface area (Å²) in [5, 5.41) is 11.9. The summed E-state index contributed by atoms with van der Waals surface area (Å²) in [5.74, 6) is -0.108. The van der Waals surface area contributed by atoms with Crippen LogP contribution in [0.5, 0.6) is 5.75 Å². The Bertz CT molecular complexity index is 540. The zero-order valence-electron chi connectivity index (χ0n) is 8.72. The highest BCUT2D eigenvalue weighted by molar-refractivity contribution is 9.10. The standard InChI is InChI=1S/C12H9BrN2O2/c13-10-7-14-6-5-11(10)15-12(17)8-1-3-9(16)4-2-8/h1-7,16H,(H,14,15,17). The number of amides is 1. The van der Waals surface area contributed by atoms with Gasteiger partial charge in [0.05, 0.1) is 10.2 Å². The van der Waals surface area contributed by atoms with Crippen molar-refractivity contribution in [2.24, 2.45) is 0 Å². The Morgan fingerprint density at radius 1 is 1.24 bits per heavy atom. The Balaban J connectivity index is 2.17. The molecule has 86 valence electrons. The van der Waals surface area contributed by atoms with Crippen molar-refractivity contribution in [1.82, 2.24) is 4.98 Å². The third-order valence-corrected chi connectivity index (χ3v) is 2.78. The van der Waals surface area contributed by atoms with E-state index in [9.17, 15) is 4.79 Å². The van der Waals surface area contributed by atoms with Crippen molar-refractivity contribution >= 4 is 27.5 Å². The molecule has 5 heteroatoms. The number of aromatic nitrogens is 1. The summed E-state index contributed by atoms with van der Waals surface area (Å²) in [4.78, 5) is 15.7. The molecule has 2 N–H and O–H groups in total. The van der Waals surface area contributed by atoms with Crippen LogP contribution < -0.4 is 5.32 Å². The highest BCUT2D eigenvalue weighted by Gasteiger charge is 2.07. The first-order valence-corrected chi connectivity index (χ1v) is 5.66. The van der Waals surface area contributed by atoms with Gasteiger partial charge in [-0.1, -0.05) is 0 Å². The van der Waals surface area contributed by atoms with Gasteiger partial charge in [0.15, 0.2) is 0 Å². The van der Waals surface area contributed by atoms with Gasteiger partial charge in [-0.2, -0.15) is 0 Å². The number of phenols is 1. The molecule has 1 aromatic carbocycles. The van der Waals surface area contributed by atoms with Crippen LogP contribution in [0, 0.1) is 0 Å². The van der Waals surface area contributed by atoms with Crippen LogP contribution >= 0.6 is 15.9 Å². The van der Waals surface area contributed by atoms with Crippen LogP contribution in [0.25, 0.3) is 0 Å². The van der Waals surface area contributed by atoms with Gasteiger partial charge in [-0.15, -0.1) is 0 Å². The normalized spacial score (nSPS) is 9.94. The number of carbonyl (C=O) groups is 1. The number of aromatic hydroxyl groups is 1. The lowest BCUT2D eigenvalue weighted by molar-refractivity contribution is 0.102. The van der Waals surface area contributed by atoms with Gasteiger partial charge in [-0.25, -0.2) is 0 Å². The van der Waals surface area contributed by atoms with Crippen LogP contribution in [0.15, 0.2) is 47.2 Å². The van der Waals surface area contributed by atoms with Gasteiger partial charge in [-0.3, -0.25) is 9.78 Å². The minimum Gasteiger partial charge on any atom is -0.508 e. The fourth-order valence-corrected chi connectivity index (χ4v) is 1.63. The van der Waals surface area contributed by atoms with Crippen LogP contribution in [-0.2, 0) is 0 Å². The van der Waals surface area contributed by atoms with Crippen molar-refractivity contribution < 1.29 is 9.90 Å². The van der Waals surface area contributed by atoms with Crippen LogP contribution in [0.1, 0.15) is 10.4 Å². The molecule has 17 heavy (non-hydrogen) atoms. The quantitative estimate of drug-likeness (QED) is 0.895. The molecule has 1 amide bonds. The first-order chi connectivity index (χ1) is 8.16. The first kappa shape index (κ1) is 11.6. The predicted octanol–water partition coefficient (Wildman–Crippen LogP) is 2.80. The average molecular weight is 293 g/mol. The predicted molar refractivity (Wildman–Crippen MR) is 68.0 cm³/mol. The van der Waals surface area contributed by atoms with Gasteiger partial charge < -0.3 is 10.4 Å². The van der Waals surface area contributed by atoms with Crippen molar-refractivity contribution in [1.29, 1.82) is 0 Å². The van der Waals surface area contributed by atoms with Gasteiger partial charge in [-0.05, 0) is 46.3 Å². The lowest BCUT2D eigenvalue weighted by Gasteiger charge is -2.06. The summed E-state index contributed by atoms with van der Waals surface area (Å²) in [7, 11) is 0. The van der Waals surface area contributed by atoms with E-state index in [1.54, 1.807) is 30.6 Å². The van der Waals surface area contributed by atoms with Gasteiger partial charge >= 0.3 is 0 Å². The van der Waals surface area contributed by atoms with Crippen molar-refractivity contribution in [3.8, 4) is 5.75 Å². The molecule has 1 aromatic heterocycles. The number of hydrogen-bond donors (Lipinski definition) is 2. The molecule has 0 aliphatic carbocycles. The maximum Gasteiger partial charge on any atom is 0.255 e. The fourth-order valence-electron chi connectivity index (χ4n) is 1.28. The van der Waals surface area contributed by atoms with E-state index >= 15 is 0 Å². The molecule has 0 unspecified atom stereocenters. The Morgan fingerprint density at radius 3 is 2.59 bits per heavy atom. The Labute approximate surface area is 106 Å². The zero-order chi connectivity index (χ0) is 12.3. The molecule has 4 nitrogen and oxygen atoms in total. The summed E-state index contributed by atoms with van der Waals surface area (Å²) in [6.07, 6.45) is 3.20. The minimum atomic E-state index is -0.239. The number of pyridine rings is 1. The summed E-state index contributed by atoms with van der Waals surface area (Å²) < 4.78 is 0.715. The summed E-state index contributed by atoms with van der Waals surface area (Å²) in [6, 6.07) is 7.74. The number of carbonyl (C=O) groups excluding carboxylic acids is 1. The zero-order valence-corrected chi connectivity index (χ0v) is 10.3. The Kier molecular flexibility index (Phi) is 3.39. The monoisotopic (exact) mass is 292 g/mol. The van der Waals surface area contributed by atoms with Gasteiger partial charge in [0, 0.05) is 18.0 Å².